The second-order valence-electron chi connectivity index (χ2n) is 8.28. The second-order valence-corrected chi connectivity index (χ2v) is 8.28. The van der Waals surface area contributed by atoms with Crippen molar-refractivity contribution < 1.29 is 9.13 Å². The molecule has 3 heterocycles. The van der Waals surface area contributed by atoms with Gasteiger partial charge in [0.05, 0.1) is 37.6 Å². The number of halogens is 1. The molecule has 0 saturated carbocycles. The number of hydrogen-bond acceptors (Lipinski definition) is 7. The third kappa shape index (κ3) is 4.60. The van der Waals surface area contributed by atoms with Crippen LogP contribution in [0.3, 0.4) is 0 Å². The molecule has 0 unspecified atom stereocenters. The number of nitrogen functional groups attached to an aromatic ring is 1. The van der Waals surface area contributed by atoms with Crippen molar-refractivity contribution in [2.45, 2.75) is 6.54 Å². The van der Waals surface area contributed by atoms with E-state index < -0.39 is 0 Å². The standard InChI is InChI=1S/C25H26FN7O2/c1-31-24(34)22(18-5-7-19(26)8-6-18)23(33(31)32-11-13-35-14-12-32)21-9-10-28-25(30-21)29-16-17-3-2-4-20(27)15-17/h2-10,15H,11-14,16,27H2,1H3,(H,28,29,30). The van der Waals surface area contributed by atoms with E-state index in [1.165, 1.54) is 12.1 Å². The fourth-order valence-corrected chi connectivity index (χ4v) is 4.24. The smallest absolute Gasteiger partial charge is 0.276 e. The van der Waals surface area contributed by atoms with Gasteiger partial charge in [-0.15, -0.1) is 0 Å². The van der Waals surface area contributed by atoms with Gasteiger partial charge in [-0.2, -0.15) is 4.79 Å². The van der Waals surface area contributed by atoms with Crippen molar-refractivity contribution in [3.8, 4) is 22.5 Å². The molecule has 0 aliphatic carbocycles. The molecular formula is C25H26FN7O2. The summed E-state index contributed by atoms with van der Waals surface area (Å²) < 4.78 is 20.7. The van der Waals surface area contributed by atoms with E-state index in [9.17, 15) is 9.18 Å². The van der Waals surface area contributed by atoms with Crippen molar-refractivity contribution in [2.75, 3.05) is 42.4 Å². The molecule has 1 aliphatic heterocycles. The lowest BCUT2D eigenvalue weighted by Crippen LogP contribution is -2.47. The molecule has 0 atom stereocenters. The number of morpholine rings is 1. The van der Waals surface area contributed by atoms with Gasteiger partial charge in [-0.3, -0.25) is 9.80 Å². The highest BCUT2D eigenvalue weighted by Crippen LogP contribution is 2.30. The van der Waals surface area contributed by atoms with E-state index in [-0.39, 0.29) is 11.4 Å². The topological polar surface area (TPSA) is 103 Å². The molecule has 180 valence electrons. The molecular weight excluding hydrogens is 449 g/mol. The van der Waals surface area contributed by atoms with Gasteiger partial charge in [-0.05, 0) is 41.5 Å². The molecule has 4 aromatic rings. The van der Waals surface area contributed by atoms with E-state index in [2.05, 4.69) is 15.3 Å². The van der Waals surface area contributed by atoms with Crippen LogP contribution in [0.4, 0.5) is 16.0 Å². The zero-order valence-electron chi connectivity index (χ0n) is 19.3. The molecule has 0 bridgehead atoms. The summed E-state index contributed by atoms with van der Waals surface area (Å²) in [4.78, 5) is 24.4. The minimum Gasteiger partial charge on any atom is -0.399 e. The lowest BCUT2D eigenvalue weighted by molar-refractivity contribution is 0.107. The Morgan fingerprint density at radius 2 is 1.89 bits per heavy atom. The first kappa shape index (κ1) is 22.6. The maximum absolute atomic E-state index is 13.7. The van der Waals surface area contributed by atoms with Gasteiger partial charge in [-0.1, -0.05) is 24.3 Å². The van der Waals surface area contributed by atoms with Crippen LogP contribution in [0, 0.1) is 5.82 Å². The summed E-state index contributed by atoms with van der Waals surface area (Å²) in [5.41, 5.74) is 9.59. The molecule has 0 radical (unpaired) electrons. The molecule has 5 rings (SSSR count). The van der Waals surface area contributed by atoms with Crippen molar-refractivity contribution in [2.24, 2.45) is 7.05 Å². The van der Waals surface area contributed by atoms with Gasteiger partial charge >= 0.3 is 0 Å². The fourth-order valence-electron chi connectivity index (χ4n) is 4.24. The van der Waals surface area contributed by atoms with Crippen LogP contribution in [0.25, 0.3) is 22.5 Å². The number of nitrogens with one attached hydrogen (secondary N) is 1. The first-order valence-corrected chi connectivity index (χ1v) is 11.3. The van der Waals surface area contributed by atoms with Crippen LogP contribution in [0.5, 0.6) is 0 Å². The fraction of sp³-hybridized carbons (Fsp3) is 0.240. The molecule has 3 N–H and O–H groups in total. The first-order valence-electron chi connectivity index (χ1n) is 11.3. The molecule has 1 saturated heterocycles. The first-order chi connectivity index (χ1) is 17.0. The van der Waals surface area contributed by atoms with Gasteiger partial charge in [0.1, 0.15) is 11.5 Å². The zero-order chi connectivity index (χ0) is 24.4. The summed E-state index contributed by atoms with van der Waals surface area (Å²) in [6.45, 7) is 2.82. The zero-order valence-corrected chi connectivity index (χ0v) is 19.3. The SMILES string of the molecule is Cn1c(=O)c(-c2ccc(F)cc2)c(-c2ccnc(NCc3cccc(N)c3)n2)n1N1CCOCC1. The number of nitrogens with two attached hydrogens (primary N) is 1. The Labute approximate surface area is 201 Å². The van der Waals surface area contributed by atoms with Crippen LogP contribution in [-0.4, -0.2) is 45.7 Å². The largest absolute Gasteiger partial charge is 0.399 e. The lowest BCUT2D eigenvalue weighted by atomic mass is 10.0. The van der Waals surface area contributed by atoms with Crippen LogP contribution in [-0.2, 0) is 18.3 Å². The maximum atomic E-state index is 13.7. The summed E-state index contributed by atoms with van der Waals surface area (Å²) in [7, 11) is 1.72. The Kier molecular flexibility index (Phi) is 6.19. The summed E-state index contributed by atoms with van der Waals surface area (Å²) in [6, 6.07) is 15.3. The van der Waals surface area contributed by atoms with Gasteiger partial charge < -0.3 is 15.8 Å². The predicted octanol–water partition coefficient (Wildman–Crippen LogP) is 2.61. The molecule has 0 amide bonds. The van der Waals surface area contributed by atoms with Crippen LogP contribution in [0.15, 0.2) is 65.6 Å². The number of benzene rings is 2. The van der Waals surface area contributed by atoms with Gasteiger partial charge in [0, 0.05) is 25.5 Å². The molecule has 0 spiro atoms. The van der Waals surface area contributed by atoms with Gasteiger partial charge in [-0.25, -0.2) is 19.0 Å². The monoisotopic (exact) mass is 475 g/mol. The van der Waals surface area contributed by atoms with Crippen LogP contribution < -0.4 is 21.6 Å². The third-order valence-corrected chi connectivity index (χ3v) is 5.92. The van der Waals surface area contributed by atoms with Gasteiger partial charge in [0.15, 0.2) is 0 Å². The summed E-state index contributed by atoms with van der Waals surface area (Å²) in [5, 5.41) is 5.28. The van der Waals surface area contributed by atoms with Crippen molar-refractivity contribution in [1.82, 2.24) is 19.4 Å². The normalized spacial score (nSPS) is 13.7. The second kappa shape index (κ2) is 9.59. The highest BCUT2D eigenvalue weighted by molar-refractivity contribution is 5.79. The van der Waals surface area contributed by atoms with E-state index in [1.54, 1.807) is 36.1 Å². The highest BCUT2D eigenvalue weighted by atomic mass is 19.1. The van der Waals surface area contributed by atoms with Crippen LogP contribution >= 0.6 is 0 Å². The number of aromatic nitrogens is 4. The van der Waals surface area contributed by atoms with Gasteiger partial charge in [0.2, 0.25) is 5.95 Å². The average Bonchev–Trinajstić information content (AvgIpc) is 3.14. The number of hydrogen-bond donors (Lipinski definition) is 2. The number of nitrogens with zero attached hydrogens (tertiary/aromatic N) is 5. The minimum atomic E-state index is -0.366. The number of anilines is 2. The Morgan fingerprint density at radius 3 is 2.63 bits per heavy atom. The molecule has 2 aromatic carbocycles. The Morgan fingerprint density at radius 1 is 1.11 bits per heavy atom. The molecule has 35 heavy (non-hydrogen) atoms. The Balaban J connectivity index is 1.59. The van der Waals surface area contributed by atoms with Crippen LogP contribution in [0.2, 0.25) is 0 Å². The van der Waals surface area contributed by atoms with E-state index in [4.69, 9.17) is 15.5 Å². The molecule has 1 aliphatic rings. The van der Waals surface area contributed by atoms with Gasteiger partial charge in [0.25, 0.3) is 5.56 Å². The summed E-state index contributed by atoms with van der Waals surface area (Å²) >= 11 is 0. The lowest BCUT2D eigenvalue weighted by Gasteiger charge is -2.32. The van der Waals surface area contributed by atoms with E-state index in [0.29, 0.717) is 67.0 Å². The average molecular weight is 476 g/mol. The predicted molar refractivity (Wildman–Crippen MR) is 133 cm³/mol. The van der Waals surface area contributed by atoms with E-state index in [1.807, 2.05) is 29.1 Å². The van der Waals surface area contributed by atoms with E-state index in [0.717, 1.165) is 5.56 Å². The van der Waals surface area contributed by atoms with E-state index >= 15 is 0 Å². The minimum absolute atomic E-state index is 0.203. The number of ether oxygens (including phenoxy) is 1. The van der Waals surface area contributed by atoms with Crippen molar-refractivity contribution in [1.29, 1.82) is 0 Å². The summed E-state index contributed by atoms with van der Waals surface area (Å²) in [6.07, 6.45) is 1.65. The van der Waals surface area contributed by atoms with Crippen molar-refractivity contribution >= 4 is 11.6 Å². The van der Waals surface area contributed by atoms with Crippen molar-refractivity contribution in [3.05, 3.63) is 82.5 Å². The quantitative estimate of drug-likeness (QED) is 0.413. The Bertz CT molecular complexity index is 1390. The third-order valence-electron chi connectivity index (χ3n) is 5.92. The number of rotatable bonds is 6. The molecule has 2 aromatic heterocycles. The highest BCUT2D eigenvalue weighted by Gasteiger charge is 2.26. The summed E-state index contributed by atoms with van der Waals surface area (Å²) in [5.74, 6) is 0.0506. The van der Waals surface area contributed by atoms with Crippen molar-refractivity contribution in [3.63, 3.8) is 0 Å². The van der Waals surface area contributed by atoms with Crippen LogP contribution in [0.1, 0.15) is 5.56 Å². The molecule has 9 nitrogen and oxygen atoms in total. The Hall–Kier alpha value is -4.18. The molecule has 10 heteroatoms. The molecule has 1 fully saturated rings. The maximum Gasteiger partial charge on any atom is 0.276 e.